The summed E-state index contributed by atoms with van der Waals surface area (Å²) in [5, 5.41) is 9.53. The van der Waals surface area contributed by atoms with Crippen LogP contribution in [-0.4, -0.2) is 23.8 Å². The van der Waals surface area contributed by atoms with Gasteiger partial charge in [0, 0.05) is 0 Å². The number of esters is 1. The molecule has 2 unspecified atom stereocenters. The Kier molecular flexibility index (Phi) is 3.96. The lowest BCUT2D eigenvalue weighted by atomic mass is 9.89. The van der Waals surface area contributed by atoms with Crippen LogP contribution in [-0.2, 0) is 9.53 Å². The minimum atomic E-state index is -0.380. The summed E-state index contributed by atoms with van der Waals surface area (Å²) in [6.07, 6.45) is 5.35. The molecule has 1 N–H and O–H groups in total. The molecule has 0 saturated heterocycles. The van der Waals surface area contributed by atoms with Gasteiger partial charge >= 0.3 is 5.97 Å². The van der Waals surface area contributed by atoms with Gasteiger partial charge in [0.25, 0.3) is 0 Å². The number of carbonyl (C=O) groups is 1. The van der Waals surface area contributed by atoms with Crippen molar-refractivity contribution in [2.75, 3.05) is 6.61 Å². The van der Waals surface area contributed by atoms with Gasteiger partial charge in [0.05, 0.1) is 19.1 Å². The van der Waals surface area contributed by atoms with Crippen molar-refractivity contribution in [3.8, 4) is 0 Å². The van der Waals surface area contributed by atoms with Gasteiger partial charge in [-0.3, -0.25) is 4.79 Å². The zero-order chi connectivity index (χ0) is 9.68. The van der Waals surface area contributed by atoms with Gasteiger partial charge in [-0.25, -0.2) is 0 Å². The second-order valence-electron chi connectivity index (χ2n) is 3.28. The molecule has 1 aliphatic carbocycles. The number of ether oxygens (including phenoxy) is 1. The Bertz CT molecular complexity index is 198. The number of rotatable bonds is 3. The Labute approximate surface area is 78.4 Å². The second-order valence-corrected chi connectivity index (χ2v) is 3.28. The van der Waals surface area contributed by atoms with Gasteiger partial charge in [-0.15, -0.1) is 0 Å². The molecule has 0 spiro atoms. The number of aliphatic hydroxyl groups is 1. The van der Waals surface area contributed by atoms with E-state index in [9.17, 15) is 9.90 Å². The summed E-state index contributed by atoms with van der Waals surface area (Å²) in [6, 6.07) is 0. The van der Waals surface area contributed by atoms with E-state index in [4.69, 9.17) is 4.74 Å². The van der Waals surface area contributed by atoms with Gasteiger partial charge in [0.2, 0.25) is 0 Å². The van der Waals surface area contributed by atoms with Crippen LogP contribution in [0.3, 0.4) is 0 Å². The Morgan fingerprint density at radius 1 is 1.54 bits per heavy atom. The maximum Gasteiger partial charge on any atom is 0.306 e. The van der Waals surface area contributed by atoms with Crippen molar-refractivity contribution in [1.82, 2.24) is 0 Å². The first kappa shape index (κ1) is 10.3. The summed E-state index contributed by atoms with van der Waals surface area (Å²) < 4.78 is 4.82. The van der Waals surface area contributed by atoms with E-state index in [0.717, 1.165) is 6.42 Å². The Balaban J connectivity index is 2.35. The van der Waals surface area contributed by atoms with Gasteiger partial charge in [-0.05, 0) is 25.7 Å². The molecule has 0 bridgehead atoms. The van der Waals surface area contributed by atoms with E-state index >= 15 is 0 Å². The molecule has 13 heavy (non-hydrogen) atoms. The lowest BCUT2D eigenvalue weighted by molar-refractivity contribution is -0.145. The fourth-order valence-electron chi connectivity index (χ4n) is 1.51. The first-order chi connectivity index (χ1) is 6.24. The molecular weight excluding hydrogens is 168 g/mol. The van der Waals surface area contributed by atoms with Crippen molar-refractivity contribution >= 4 is 5.97 Å². The van der Waals surface area contributed by atoms with Crippen LogP contribution in [0.1, 0.15) is 26.2 Å². The summed E-state index contributed by atoms with van der Waals surface area (Å²) in [6.45, 7) is 2.20. The third-order valence-corrected chi connectivity index (χ3v) is 2.26. The second kappa shape index (κ2) is 5.02. The summed E-state index contributed by atoms with van der Waals surface area (Å²) in [7, 11) is 0. The predicted molar refractivity (Wildman–Crippen MR) is 49.1 cm³/mol. The van der Waals surface area contributed by atoms with E-state index in [-0.39, 0.29) is 18.0 Å². The maximum absolute atomic E-state index is 11.1. The zero-order valence-corrected chi connectivity index (χ0v) is 7.90. The summed E-state index contributed by atoms with van der Waals surface area (Å²) >= 11 is 0. The molecule has 0 aromatic heterocycles. The van der Waals surface area contributed by atoms with Crippen LogP contribution >= 0.6 is 0 Å². The highest BCUT2D eigenvalue weighted by Crippen LogP contribution is 2.22. The molecule has 74 valence electrons. The molecule has 1 aliphatic rings. The van der Waals surface area contributed by atoms with Crippen molar-refractivity contribution in [2.24, 2.45) is 5.92 Å². The molecule has 0 amide bonds. The molecule has 1 rings (SSSR count). The highest BCUT2D eigenvalue weighted by molar-refractivity contribution is 5.69. The van der Waals surface area contributed by atoms with Gasteiger partial charge in [-0.1, -0.05) is 12.2 Å². The van der Waals surface area contributed by atoms with Crippen LogP contribution in [0.4, 0.5) is 0 Å². The van der Waals surface area contributed by atoms with Gasteiger partial charge in [-0.2, -0.15) is 0 Å². The average Bonchev–Trinajstić information content (AvgIpc) is 2.09. The van der Waals surface area contributed by atoms with Crippen LogP contribution in [0.25, 0.3) is 0 Å². The third-order valence-electron chi connectivity index (χ3n) is 2.26. The molecule has 0 saturated carbocycles. The first-order valence-corrected chi connectivity index (χ1v) is 4.72. The predicted octanol–water partition coefficient (Wildman–Crippen LogP) is 1.27. The van der Waals surface area contributed by atoms with Gasteiger partial charge in [0.15, 0.2) is 0 Å². The molecule has 2 atom stereocenters. The summed E-state index contributed by atoms with van der Waals surface area (Å²) in [5.41, 5.74) is 0. The van der Waals surface area contributed by atoms with Crippen molar-refractivity contribution in [3.05, 3.63) is 12.2 Å². The standard InChI is InChI=1S/C10H16O3/c1-2-13-10(12)7-8-5-3-4-6-9(8)11/h3-4,8-9,11H,2,5-7H2,1H3. The van der Waals surface area contributed by atoms with Gasteiger partial charge < -0.3 is 9.84 Å². The van der Waals surface area contributed by atoms with E-state index in [1.54, 1.807) is 6.92 Å². The third kappa shape index (κ3) is 3.19. The number of aliphatic hydroxyl groups excluding tert-OH is 1. The minimum Gasteiger partial charge on any atom is -0.466 e. The maximum atomic E-state index is 11.1. The van der Waals surface area contributed by atoms with Crippen LogP contribution in [0.15, 0.2) is 12.2 Å². The van der Waals surface area contributed by atoms with Crippen molar-refractivity contribution < 1.29 is 14.6 Å². The van der Waals surface area contributed by atoms with E-state index in [1.807, 2.05) is 12.2 Å². The van der Waals surface area contributed by atoms with Crippen molar-refractivity contribution in [2.45, 2.75) is 32.3 Å². The normalized spacial score (nSPS) is 27.2. The molecule has 0 aliphatic heterocycles. The smallest absolute Gasteiger partial charge is 0.306 e. The fraction of sp³-hybridized carbons (Fsp3) is 0.700. The number of hydrogen-bond acceptors (Lipinski definition) is 3. The average molecular weight is 184 g/mol. The van der Waals surface area contributed by atoms with E-state index in [2.05, 4.69) is 0 Å². The monoisotopic (exact) mass is 184 g/mol. The molecule has 3 heteroatoms. The SMILES string of the molecule is CCOC(=O)CC1CC=CCC1O. The molecule has 0 aromatic carbocycles. The fourth-order valence-corrected chi connectivity index (χ4v) is 1.51. The quantitative estimate of drug-likeness (QED) is 0.530. The zero-order valence-electron chi connectivity index (χ0n) is 7.90. The number of hydrogen-bond donors (Lipinski definition) is 1. The Morgan fingerprint density at radius 2 is 2.23 bits per heavy atom. The van der Waals surface area contributed by atoms with Crippen LogP contribution < -0.4 is 0 Å². The van der Waals surface area contributed by atoms with Gasteiger partial charge in [0.1, 0.15) is 0 Å². The summed E-state index contributed by atoms with van der Waals surface area (Å²) in [4.78, 5) is 11.1. The Morgan fingerprint density at radius 3 is 2.85 bits per heavy atom. The molecule has 0 heterocycles. The minimum absolute atomic E-state index is 0.0454. The van der Waals surface area contributed by atoms with Crippen molar-refractivity contribution in [3.63, 3.8) is 0 Å². The largest absolute Gasteiger partial charge is 0.466 e. The summed E-state index contributed by atoms with van der Waals surface area (Å²) in [5.74, 6) is -0.161. The topological polar surface area (TPSA) is 46.5 Å². The van der Waals surface area contributed by atoms with E-state index in [0.29, 0.717) is 19.4 Å². The first-order valence-electron chi connectivity index (χ1n) is 4.72. The molecule has 3 nitrogen and oxygen atoms in total. The van der Waals surface area contributed by atoms with E-state index in [1.165, 1.54) is 0 Å². The van der Waals surface area contributed by atoms with Crippen LogP contribution in [0.5, 0.6) is 0 Å². The lowest BCUT2D eigenvalue weighted by Gasteiger charge is -2.22. The van der Waals surface area contributed by atoms with E-state index < -0.39 is 0 Å². The number of carbonyl (C=O) groups excluding carboxylic acids is 1. The van der Waals surface area contributed by atoms with Crippen LogP contribution in [0, 0.1) is 5.92 Å². The molecule has 0 aromatic rings. The molecule has 0 fully saturated rings. The highest BCUT2D eigenvalue weighted by atomic mass is 16.5. The lowest BCUT2D eigenvalue weighted by Crippen LogP contribution is -2.25. The molecular formula is C10H16O3. The number of allylic oxidation sites excluding steroid dienone is 1. The Hall–Kier alpha value is -0.830. The highest BCUT2D eigenvalue weighted by Gasteiger charge is 2.23. The van der Waals surface area contributed by atoms with Crippen molar-refractivity contribution in [1.29, 1.82) is 0 Å². The van der Waals surface area contributed by atoms with Crippen LogP contribution in [0.2, 0.25) is 0 Å². The molecule has 0 radical (unpaired) electrons.